The van der Waals surface area contributed by atoms with Gasteiger partial charge in [0.25, 0.3) is 0 Å². The van der Waals surface area contributed by atoms with Gasteiger partial charge >= 0.3 is 0 Å². The number of rotatable bonds is 5. The van der Waals surface area contributed by atoms with Gasteiger partial charge in [0, 0.05) is 56.9 Å². The van der Waals surface area contributed by atoms with E-state index in [1.807, 2.05) is 19.2 Å². The van der Waals surface area contributed by atoms with Gasteiger partial charge < -0.3 is 25.3 Å². The Balaban J connectivity index is 1.34. The van der Waals surface area contributed by atoms with Crippen molar-refractivity contribution in [2.75, 3.05) is 63.8 Å². The lowest BCUT2D eigenvalue weighted by Gasteiger charge is -2.37. The molecule has 4 aliphatic heterocycles. The number of halogens is 1. The summed E-state index contributed by atoms with van der Waals surface area (Å²) >= 11 is 0. The van der Waals surface area contributed by atoms with E-state index in [2.05, 4.69) is 50.1 Å². The molecule has 0 amide bonds. The number of nitrogens with zero attached hydrogens (tertiary/aromatic N) is 4. The van der Waals surface area contributed by atoms with Crippen LogP contribution < -0.4 is 15.5 Å². The van der Waals surface area contributed by atoms with E-state index in [1.54, 1.807) is 6.07 Å². The molecule has 1 aromatic heterocycles. The number of piperazine rings is 1. The number of anilines is 1. The van der Waals surface area contributed by atoms with Crippen molar-refractivity contribution in [3.8, 4) is 0 Å². The Labute approximate surface area is 213 Å². The maximum absolute atomic E-state index is 14.9. The number of aryl methyl sites for hydroxylation is 1. The predicted octanol–water partition coefficient (Wildman–Crippen LogP) is 3.57. The van der Waals surface area contributed by atoms with Crippen molar-refractivity contribution in [2.45, 2.75) is 19.8 Å². The van der Waals surface area contributed by atoms with Gasteiger partial charge in [0.1, 0.15) is 11.6 Å². The molecule has 1 aromatic carbocycles. The number of allylic oxidation sites excluding steroid dienone is 2. The van der Waals surface area contributed by atoms with Crippen LogP contribution in [0.3, 0.4) is 0 Å². The van der Waals surface area contributed by atoms with Crippen LogP contribution in [0.1, 0.15) is 24.6 Å². The van der Waals surface area contributed by atoms with Crippen molar-refractivity contribution >= 4 is 22.2 Å². The Morgan fingerprint density at radius 1 is 1.08 bits per heavy atom. The van der Waals surface area contributed by atoms with Crippen LogP contribution in [-0.2, 0) is 6.42 Å². The second kappa shape index (κ2) is 9.77. The largest absolute Gasteiger partial charge is 0.374 e. The lowest BCUT2D eigenvalue weighted by Crippen LogP contribution is -2.46. The highest BCUT2D eigenvalue weighted by Gasteiger charge is 2.35. The molecule has 0 saturated carbocycles. The van der Waals surface area contributed by atoms with E-state index >= 15 is 0 Å². The molecule has 5 heterocycles. The molecule has 3 saturated heterocycles. The molecule has 0 spiro atoms. The molecule has 3 fully saturated rings. The minimum absolute atomic E-state index is 0.123. The van der Waals surface area contributed by atoms with Crippen molar-refractivity contribution in [3.63, 3.8) is 0 Å². The highest BCUT2D eigenvalue weighted by molar-refractivity contribution is 5.94. The average molecular weight is 489 g/mol. The van der Waals surface area contributed by atoms with Crippen molar-refractivity contribution in [3.05, 3.63) is 66.0 Å². The number of benzene rings is 1. The number of piperidine rings is 1. The van der Waals surface area contributed by atoms with Crippen LogP contribution in [0.25, 0.3) is 16.5 Å². The smallest absolute Gasteiger partial charge is 0.127 e. The number of fused-ring (bicyclic) bond motifs is 2. The maximum atomic E-state index is 14.9. The van der Waals surface area contributed by atoms with Crippen molar-refractivity contribution < 1.29 is 4.39 Å². The molecule has 7 heteroatoms. The fourth-order valence-corrected chi connectivity index (χ4v) is 6.26. The quantitative estimate of drug-likeness (QED) is 0.671. The van der Waals surface area contributed by atoms with Crippen LogP contribution >= 0.6 is 0 Å². The van der Waals surface area contributed by atoms with E-state index in [1.165, 1.54) is 17.8 Å². The van der Waals surface area contributed by atoms with E-state index in [4.69, 9.17) is 4.98 Å². The number of hydrogen-bond acceptors (Lipinski definition) is 6. The third-order valence-electron chi connectivity index (χ3n) is 8.50. The number of nitrogens with one attached hydrogen (secondary N) is 2. The second-order valence-corrected chi connectivity index (χ2v) is 10.6. The van der Waals surface area contributed by atoms with Gasteiger partial charge in [-0.3, -0.25) is 0 Å². The zero-order chi connectivity index (χ0) is 24.6. The van der Waals surface area contributed by atoms with Crippen LogP contribution in [0.2, 0.25) is 0 Å². The summed E-state index contributed by atoms with van der Waals surface area (Å²) in [5.74, 6) is 2.42. The van der Waals surface area contributed by atoms with Crippen molar-refractivity contribution in [1.29, 1.82) is 0 Å². The van der Waals surface area contributed by atoms with Crippen LogP contribution in [0.4, 0.5) is 10.1 Å². The van der Waals surface area contributed by atoms with Crippen LogP contribution in [0, 0.1) is 17.7 Å². The number of pyridine rings is 1. The van der Waals surface area contributed by atoms with Crippen LogP contribution in [-0.4, -0.2) is 73.7 Å². The topological polar surface area (TPSA) is 46.7 Å². The Kier molecular flexibility index (Phi) is 6.34. The van der Waals surface area contributed by atoms with Crippen molar-refractivity contribution in [1.82, 2.24) is 25.4 Å². The van der Waals surface area contributed by atoms with E-state index in [-0.39, 0.29) is 5.82 Å². The van der Waals surface area contributed by atoms with E-state index in [0.29, 0.717) is 18.3 Å². The zero-order valence-corrected chi connectivity index (χ0v) is 21.3. The normalized spacial score (nSPS) is 24.3. The second-order valence-electron chi connectivity index (χ2n) is 10.6. The van der Waals surface area contributed by atoms with Gasteiger partial charge in [-0.05, 0) is 79.4 Å². The Hall–Kier alpha value is -3.06. The molecule has 0 bridgehead atoms. The van der Waals surface area contributed by atoms with Gasteiger partial charge in [0.05, 0.1) is 11.2 Å². The lowest BCUT2D eigenvalue weighted by atomic mass is 9.90. The first-order chi connectivity index (χ1) is 17.6. The van der Waals surface area contributed by atoms with E-state index in [0.717, 1.165) is 86.8 Å². The molecule has 2 atom stereocenters. The van der Waals surface area contributed by atoms with E-state index in [9.17, 15) is 4.39 Å². The molecule has 4 aliphatic rings. The molecule has 0 aliphatic carbocycles. The summed E-state index contributed by atoms with van der Waals surface area (Å²) in [5.41, 5.74) is 4.91. The van der Waals surface area contributed by atoms with Gasteiger partial charge in [-0.15, -0.1) is 0 Å². The first-order valence-corrected chi connectivity index (χ1v) is 13.5. The Bertz CT molecular complexity index is 1200. The summed E-state index contributed by atoms with van der Waals surface area (Å²) in [6.07, 6.45) is 8.21. The molecular formula is C29H37FN6. The zero-order valence-electron chi connectivity index (χ0n) is 21.3. The first kappa shape index (κ1) is 23.3. The standard InChI is InChI=1S/C29H37FN6/c1-3-20-13-27-24(14-25(20)30)28(36-18-22-7-8-31-16-23(22)19-36)15-26(33-27)21-5-6-29(32-17-21)35-11-9-34(4-2)10-12-35/h4-6,13-15,22-23,31-32H,2-3,7-12,16-19H2,1H3. The average Bonchev–Trinajstić information content (AvgIpc) is 3.36. The Morgan fingerprint density at radius 2 is 1.92 bits per heavy atom. The van der Waals surface area contributed by atoms with Gasteiger partial charge in [-0.25, -0.2) is 9.37 Å². The number of dihydropyridines is 1. The Morgan fingerprint density at radius 3 is 2.64 bits per heavy atom. The predicted molar refractivity (Wildman–Crippen MR) is 145 cm³/mol. The fourth-order valence-electron chi connectivity index (χ4n) is 6.26. The third kappa shape index (κ3) is 4.34. The van der Waals surface area contributed by atoms with Gasteiger partial charge in [-0.1, -0.05) is 19.6 Å². The van der Waals surface area contributed by atoms with Gasteiger partial charge in [0.15, 0.2) is 0 Å². The number of aromatic nitrogens is 1. The summed E-state index contributed by atoms with van der Waals surface area (Å²) in [6, 6.07) is 5.88. The maximum Gasteiger partial charge on any atom is 0.127 e. The highest BCUT2D eigenvalue weighted by atomic mass is 19.1. The number of hydrogen-bond donors (Lipinski definition) is 2. The minimum atomic E-state index is -0.123. The third-order valence-corrected chi connectivity index (χ3v) is 8.50. The van der Waals surface area contributed by atoms with Gasteiger partial charge in [-0.2, -0.15) is 0 Å². The van der Waals surface area contributed by atoms with E-state index < -0.39 is 0 Å². The summed E-state index contributed by atoms with van der Waals surface area (Å²) in [4.78, 5) is 12.2. The SMILES string of the molecule is C=CN1CCN(C2=CC=C(c3cc(N4CC5CCNCC5C4)c4cc(F)c(CC)cc4n3)CN2)CC1. The first-order valence-electron chi connectivity index (χ1n) is 13.5. The summed E-state index contributed by atoms with van der Waals surface area (Å²) < 4.78 is 14.9. The molecule has 36 heavy (non-hydrogen) atoms. The molecule has 6 nitrogen and oxygen atoms in total. The monoisotopic (exact) mass is 488 g/mol. The summed E-state index contributed by atoms with van der Waals surface area (Å²) in [6.45, 7) is 14.8. The molecule has 2 unspecified atom stereocenters. The molecular weight excluding hydrogens is 451 g/mol. The van der Waals surface area contributed by atoms with Crippen LogP contribution in [0.5, 0.6) is 0 Å². The van der Waals surface area contributed by atoms with Gasteiger partial charge in [0.2, 0.25) is 0 Å². The summed E-state index contributed by atoms with van der Waals surface area (Å²) in [7, 11) is 0. The summed E-state index contributed by atoms with van der Waals surface area (Å²) in [5, 5.41) is 8.12. The lowest BCUT2D eigenvalue weighted by molar-refractivity contribution is 0.196. The van der Waals surface area contributed by atoms with Crippen LogP contribution in [0.15, 0.2) is 49.0 Å². The highest BCUT2D eigenvalue weighted by Crippen LogP contribution is 2.37. The molecule has 0 radical (unpaired) electrons. The fraction of sp³-hybridized carbons (Fsp3) is 0.483. The molecule has 190 valence electrons. The minimum Gasteiger partial charge on any atom is -0.374 e. The molecule has 2 aromatic rings. The van der Waals surface area contributed by atoms with Crippen molar-refractivity contribution in [2.24, 2.45) is 11.8 Å². The molecule has 6 rings (SSSR count). The molecule has 2 N–H and O–H groups in total.